The maximum atomic E-state index is 9.12. The average Bonchev–Trinajstić information content (AvgIpc) is 2.94. The first-order chi connectivity index (χ1) is 10.8. The summed E-state index contributed by atoms with van der Waals surface area (Å²) in [5, 5.41) is 13.3. The molecule has 0 aromatic carbocycles. The van der Waals surface area contributed by atoms with Gasteiger partial charge in [-0.1, -0.05) is 17.7 Å². The van der Waals surface area contributed by atoms with E-state index >= 15 is 0 Å². The van der Waals surface area contributed by atoms with Crippen LogP contribution in [0.5, 0.6) is 0 Å². The number of hydrogen-bond donors (Lipinski definition) is 1. The zero-order valence-corrected chi connectivity index (χ0v) is 13.6. The van der Waals surface area contributed by atoms with Crippen LogP contribution in [-0.2, 0) is 6.54 Å². The summed E-state index contributed by atoms with van der Waals surface area (Å²) in [5.41, 5.74) is 1.54. The molecule has 0 aliphatic carbocycles. The highest BCUT2D eigenvalue weighted by atomic mass is 35.5. The minimum atomic E-state index is 0.262. The molecule has 0 saturated carbocycles. The third-order valence-electron chi connectivity index (χ3n) is 3.72. The standard InChI is InChI=1S/C15H16ClN5S/c16-13-12(9-17)15(22-20-13)19-10-11-5-4-6-18-14(11)21-7-2-1-3-8-21/h4-6,19H,1-3,7-8,10H2. The number of halogens is 1. The summed E-state index contributed by atoms with van der Waals surface area (Å²) < 4.78 is 4.01. The van der Waals surface area contributed by atoms with Crippen molar-refractivity contribution in [1.29, 1.82) is 5.26 Å². The average molecular weight is 334 g/mol. The van der Waals surface area contributed by atoms with Crippen LogP contribution in [0.2, 0.25) is 5.15 Å². The van der Waals surface area contributed by atoms with Gasteiger partial charge in [0.2, 0.25) is 0 Å². The fourth-order valence-corrected chi connectivity index (χ4v) is 3.55. The summed E-state index contributed by atoms with van der Waals surface area (Å²) in [5.74, 6) is 1.03. The van der Waals surface area contributed by atoms with Gasteiger partial charge in [0, 0.05) is 31.4 Å². The number of pyridine rings is 1. The van der Waals surface area contributed by atoms with Crippen LogP contribution in [-0.4, -0.2) is 22.4 Å². The Hall–Kier alpha value is -1.84. The van der Waals surface area contributed by atoms with Crippen LogP contribution in [0.1, 0.15) is 30.4 Å². The van der Waals surface area contributed by atoms with Gasteiger partial charge >= 0.3 is 0 Å². The van der Waals surface area contributed by atoms with Gasteiger partial charge in [-0.3, -0.25) is 0 Å². The zero-order valence-electron chi connectivity index (χ0n) is 12.0. The van der Waals surface area contributed by atoms with Gasteiger partial charge in [-0.05, 0) is 36.9 Å². The zero-order chi connectivity index (χ0) is 15.4. The summed E-state index contributed by atoms with van der Waals surface area (Å²) in [4.78, 5) is 6.88. The number of nitrogens with zero attached hydrogens (tertiary/aromatic N) is 4. The van der Waals surface area contributed by atoms with Crippen molar-refractivity contribution >= 4 is 34.0 Å². The Bertz CT molecular complexity index is 687. The second-order valence-electron chi connectivity index (χ2n) is 5.18. The largest absolute Gasteiger partial charge is 0.370 e. The Morgan fingerprint density at radius 2 is 2.18 bits per heavy atom. The molecule has 1 fully saturated rings. The van der Waals surface area contributed by atoms with Crippen molar-refractivity contribution in [1.82, 2.24) is 9.36 Å². The highest BCUT2D eigenvalue weighted by molar-refractivity contribution is 7.10. The minimum Gasteiger partial charge on any atom is -0.370 e. The lowest BCUT2D eigenvalue weighted by Gasteiger charge is -2.29. The van der Waals surface area contributed by atoms with Crippen molar-refractivity contribution in [2.45, 2.75) is 25.8 Å². The van der Waals surface area contributed by atoms with Gasteiger partial charge in [-0.25, -0.2) is 4.98 Å². The van der Waals surface area contributed by atoms with E-state index < -0.39 is 0 Å². The van der Waals surface area contributed by atoms with E-state index in [1.54, 1.807) is 0 Å². The molecule has 5 nitrogen and oxygen atoms in total. The molecule has 0 spiro atoms. The fraction of sp³-hybridized carbons (Fsp3) is 0.400. The molecule has 7 heteroatoms. The predicted octanol–water partition coefficient (Wildman–Crippen LogP) is 3.67. The van der Waals surface area contributed by atoms with Gasteiger partial charge < -0.3 is 10.2 Å². The minimum absolute atomic E-state index is 0.262. The van der Waals surface area contributed by atoms with E-state index in [1.807, 2.05) is 12.3 Å². The molecule has 3 rings (SSSR count). The summed E-state index contributed by atoms with van der Waals surface area (Å²) in [6.07, 6.45) is 5.55. The molecule has 2 aromatic rings. The maximum Gasteiger partial charge on any atom is 0.162 e. The summed E-state index contributed by atoms with van der Waals surface area (Å²) >= 11 is 7.11. The molecule has 114 valence electrons. The maximum absolute atomic E-state index is 9.12. The van der Waals surface area contributed by atoms with Gasteiger partial charge in [0.15, 0.2) is 5.15 Å². The summed E-state index contributed by atoms with van der Waals surface area (Å²) in [6.45, 7) is 2.71. The smallest absolute Gasteiger partial charge is 0.162 e. The Morgan fingerprint density at radius 1 is 1.36 bits per heavy atom. The van der Waals surface area contributed by atoms with Crippen molar-refractivity contribution in [2.75, 3.05) is 23.3 Å². The first-order valence-corrected chi connectivity index (χ1v) is 8.42. The third-order valence-corrected chi connectivity index (χ3v) is 4.90. The Balaban J connectivity index is 1.76. The molecule has 1 aliphatic rings. The van der Waals surface area contributed by atoms with E-state index in [1.165, 1.54) is 30.8 Å². The molecule has 3 heterocycles. The van der Waals surface area contributed by atoms with Gasteiger partial charge in [0.1, 0.15) is 22.5 Å². The molecule has 1 saturated heterocycles. The van der Waals surface area contributed by atoms with Gasteiger partial charge in [-0.2, -0.15) is 9.64 Å². The molecule has 0 radical (unpaired) electrons. The van der Waals surface area contributed by atoms with E-state index in [9.17, 15) is 0 Å². The van der Waals surface area contributed by atoms with Gasteiger partial charge in [0.05, 0.1) is 0 Å². The number of hydrogen-bond acceptors (Lipinski definition) is 6. The molecular weight excluding hydrogens is 318 g/mol. The molecule has 0 bridgehead atoms. The first-order valence-electron chi connectivity index (χ1n) is 7.27. The van der Waals surface area contributed by atoms with Gasteiger partial charge in [-0.15, -0.1) is 0 Å². The van der Waals surface area contributed by atoms with Crippen LogP contribution < -0.4 is 10.2 Å². The van der Waals surface area contributed by atoms with Crippen molar-refractivity contribution in [3.05, 3.63) is 34.6 Å². The normalized spacial score (nSPS) is 14.6. The molecule has 1 aliphatic heterocycles. The molecule has 2 aromatic heterocycles. The summed E-state index contributed by atoms with van der Waals surface area (Å²) in [7, 11) is 0. The van der Waals surface area contributed by atoms with Crippen molar-refractivity contribution in [3.63, 3.8) is 0 Å². The number of nitrogens with one attached hydrogen (secondary N) is 1. The van der Waals surface area contributed by atoms with Crippen LogP contribution in [0.25, 0.3) is 0 Å². The van der Waals surface area contributed by atoms with E-state index in [0.29, 0.717) is 17.1 Å². The highest BCUT2D eigenvalue weighted by Crippen LogP contribution is 2.29. The van der Waals surface area contributed by atoms with Crippen LogP contribution in [0.4, 0.5) is 10.8 Å². The Morgan fingerprint density at radius 3 is 2.95 bits per heavy atom. The van der Waals surface area contributed by atoms with E-state index in [-0.39, 0.29) is 5.15 Å². The Kier molecular flexibility index (Phi) is 4.76. The van der Waals surface area contributed by atoms with Crippen LogP contribution >= 0.6 is 23.1 Å². The summed E-state index contributed by atoms with van der Waals surface area (Å²) in [6, 6.07) is 6.09. The monoisotopic (exact) mass is 333 g/mol. The number of nitriles is 1. The predicted molar refractivity (Wildman–Crippen MR) is 89.5 cm³/mol. The fourth-order valence-electron chi connectivity index (χ4n) is 2.62. The molecule has 0 atom stereocenters. The molecule has 22 heavy (non-hydrogen) atoms. The van der Waals surface area contributed by atoms with Crippen LogP contribution in [0.3, 0.4) is 0 Å². The SMILES string of the molecule is N#Cc1c(Cl)nsc1NCc1cccnc1N1CCCCC1. The lowest BCUT2D eigenvalue weighted by atomic mass is 10.1. The second-order valence-corrected chi connectivity index (χ2v) is 6.31. The van der Waals surface area contributed by atoms with E-state index in [0.717, 1.165) is 24.5 Å². The molecule has 0 unspecified atom stereocenters. The van der Waals surface area contributed by atoms with E-state index in [4.69, 9.17) is 16.9 Å². The number of piperidine rings is 1. The number of rotatable bonds is 4. The third kappa shape index (κ3) is 3.16. The van der Waals surface area contributed by atoms with Crippen molar-refractivity contribution in [3.8, 4) is 6.07 Å². The number of anilines is 2. The topological polar surface area (TPSA) is 64.8 Å². The van der Waals surface area contributed by atoms with E-state index in [2.05, 4.69) is 31.7 Å². The first kappa shape index (κ1) is 15.1. The van der Waals surface area contributed by atoms with Crippen molar-refractivity contribution in [2.24, 2.45) is 0 Å². The lowest BCUT2D eigenvalue weighted by molar-refractivity contribution is 0.572. The van der Waals surface area contributed by atoms with Crippen LogP contribution in [0, 0.1) is 11.3 Å². The number of aromatic nitrogens is 2. The molecule has 1 N–H and O–H groups in total. The highest BCUT2D eigenvalue weighted by Gasteiger charge is 2.16. The Labute approximate surface area is 138 Å². The molecule has 0 amide bonds. The van der Waals surface area contributed by atoms with Crippen molar-refractivity contribution < 1.29 is 0 Å². The second kappa shape index (κ2) is 6.95. The quantitative estimate of drug-likeness (QED) is 0.924. The molecular formula is C15H16ClN5S. The lowest BCUT2D eigenvalue weighted by Crippen LogP contribution is -2.31. The van der Waals surface area contributed by atoms with Gasteiger partial charge in [0.25, 0.3) is 0 Å². The van der Waals surface area contributed by atoms with Crippen LogP contribution in [0.15, 0.2) is 18.3 Å².